The number of fused-ring (bicyclic) bond motifs is 1. The molecule has 1 aromatic heterocycles. The molecule has 3 rings (SSSR count). The van der Waals surface area contributed by atoms with Crippen LogP contribution in [0.15, 0.2) is 30.3 Å². The van der Waals surface area contributed by atoms with E-state index in [9.17, 15) is 0 Å². The molecule has 2 heteroatoms. The van der Waals surface area contributed by atoms with Crippen molar-refractivity contribution < 1.29 is 0 Å². The summed E-state index contributed by atoms with van der Waals surface area (Å²) in [6.45, 7) is 8.61. The zero-order chi connectivity index (χ0) is 14.4. The largest absolute Gasteiger partial charge is 0.327 e. The first-order chi connectivity index (χ1) is 9.47. The van der Waals surface area contributed by atoms with E-state index in [-0.39, 0.29) is 0 Å². The Balaban J connectivity index is 2.27. The number of imidazole rings is 1. The first-order valence-corrected chi connectivity index (χ1v) is 6.98. The highest BCUT2D eigenvalue weighted by atomic mass is 15.1. The average Bonchev–Trinajstić information content (AvgIpc) is 2.72. The maximum Gasteiger partial charge on any atom is 0.140 e. The molecule has 0 radical (unpaired) electrons. The molecule has 2 nitrogen and oxygen atoms in total. The van der Waals surface area contributed by atoms with E-state index in [0.717, 1.165) is 11.3 Å². The molecular formula is C18H20N2. The van der Waals surface area contributed by atoms with Crippen molar-refractivity contribution in [2.75, 3.05) is 0 Å². The Morgan fingerprint density at radius 2 is 1.55 bits per heavy atom. The third-order valence-corrected chi connectivity index (χ3v) is 4.22. The second-order valence-corrected chi connectivity index (χ2v) is 5.72. The summed E-state index contributed by atoms with van der Waals surface area (Å²) in [6, 6.07) is 10.9. The molecule has 0 aliphatic rings. The number of nitrogens with zero attached hydrogens (tertiary/aromatic N) is 2. The van der Waals surface area contributed by atoms with Crippen molar-refractivity contribution in [3.05, 3.63) is 52.6 Å². The highest BCUT2D eigenvalue weighted by Crippen LogP contribution is 2.27. The number of aromatic nitrogens is 2. The molecule has 0 bridgehead atoms. The Morgan fingerprint density at radius 3 is 2.20 bits per heavy atom. The normalized spacial score (nSPS) is 11.2. The van der Waals surface area contributed by atoms with Gasteiger partial charge in [-0.05, 0) is 74.2 Å². The van der Waals surface area contributed by atoms with Crippen molar-refractivity contribution in [1.29, 1.82) is 0 Å². The first-order valence-electron chi connectivity index (χ1n) is 6.98. The van der Waals surface area contributed by atoms with E-state index < -0.39 is 0 Å². The van der Waals surface area contributed by atoms with Crippen LogP contribution in [0.4, 0.5) is 0 Å². The summed E-state index contributed by atoms with van der Waals surface area (Å²) in [5.74, 6) is 1.04. The molecule has 0 saturated carbocycles. The number of rotatable bonds is 1. The van der Waals surface area contributed by atoms with Crippen molar-refractivity contribution in [2.24, 2.45) is 7.05 Å². The van der Waals surface area contributed by atoms with Gasteiger partial charge in [-0.3, -0.25) is 0 Å². The third-order valence-electron chi connectivity index (χ3n) is 4.22. The monoisotopic (exact) mass is 264 g/mol. The van der Waals surface area contributed by atoms with E-state index in [4.69, 9.17) is 4.98 Å². The van der Waals surface area contributed by atoms with Gasteiger partial charge in [-0.1, -0.05) is 6.07 Å². The first kappa shape index (κ1) is 12.9. The Labute approximate surface area is 120 Å². The summed E-state index contributed by atoms with van der Waals surface area (Å²) in [4.78, 5) is 4.82. The minimum absolute atomic E-state index is 1.04. The van der Waals surface area contributed by atoms with Crippen LogP contribution in [0.3, 0.4) is 0 Å². The maximum absolute atomic E-state index is 4.82. The van der Waals surface area contributed by atoms with Gasteiger partial charge in [0.15, 0.2) is 0 Å². The van der Waals surface area contributed by atoms with Gasteiger partial charge in [0.25, 0.3) is 0 Å². The lowest BCUT2D eigenvalue weighted by Crippen LogP contribution is -1.95. The van der Waals surface area contributed by atoms with E-state index in [0.29, 0.717) is 0 Å². The van der Waals surface area contributed by atoms with Gasteiger partial charge < -0.3 is 4.57 Å². The number of benzene rings is 2. The predicted molar refractivity (Wildman–Crippen MR) is 85.1 cm³/mol. The topological polar surface area (TPSA) is 17.8 Å². The SMILES string of the molecule is Cc1ccc2c(c1)nc(-c1cc(C)c(C)c(C)c1)n2C. The summed E-state index contributed by atoms with van der Waals surface area (Å²) in [6.07, 6.45) is 0. The average molecular weight is 264 g/mol. The molecule has 2 aromatic carbocycles. The highest BCUT2D eigenvalue weighted by Gasteiger charge is 2.11. The van der Waals surface area contributed by atoms with Crippen LogP contribution >= 0.6 is 0 Å². The van der Waals surface area contributed by atoms with Crippen LogP contribution in [0.1, 0.15) is 22.3 Å². The van der Waals surface area contributed by atoms with E-state index >= 15 is 0 Å². The Kier molecular flexibility index (Phi) is 2.89. The molecule has 0 unspecified atom stereocenters. The Morgan fingerprint density at radius 1 is 0.900 bits per heavy atom. The number of aryl methyl sites for hydroxylation is 4. The molecule has 1 heterocycles. The summed E-state index contributed by atoms with van der Waals surface area (Å²) in [5.41, 5.74) is 8.70. The lowest BCUT2D eigenvalue weighted by atomic mass is 10.0. The minimum Gasteiger partial charge on any atom is -0.327 e. The standard InChI is InChI=1S/C18H20N2/c1-11-6-7-17-16(8-11)19-18(20(17)5)15-9-12(2)14(4)13(3)10-15/h6-10H,1-5H3. The molecule has 0 fully saturated rings. The van der Waals surface area contributed by atoms with Crippen molar-refractivity contribution in [3.8, 4) is 11.4 Å². The second-order valence-electron chi connectivity index (χ2n) is 5.72. The van der Waals surface area contributed by atoms with Crippen molar-refractivity contribution in [1.82, 2.24) is 9.55 Å². The van der Waals surface area contributed by atoms with Gasteiger partial charge in [0.1, 0.15) is 5.82 Å². The molecule has 0 atom stereocenters. The van der Waals surface area contributed by atoms with E-state index in [1.165, 1.54) is 33.3 Å². The molecule has 0 aliphatic heterocycles. The van der Waals surface area contributed by atoms with Gasteiger partial charge in [0.2, 0.25) is 0 Å². The van der Waals surface area contributed by atoms with Crippen LogP contribution < -0.4 is 0 Å². The third kappa shape index (κ3) is 1.92. The fourth-order valence-electron chi connectivity index (χ4n) is 2.73. The fraction of sp³-hybridized carbons (Fsp3) is 0.278. The van der Waals surface area contributed by atoms with Crippen LogP contribution in [0.25, 0.3) is 22.4 Å². The lowest BCUT2D eigenvalue weighted by Gasteiger charge is -2.09. The molecule has 20 heavy (non-hydrogen) atoms. The number of hydrogen-bond acceptors (Lipinski definition) is 1. The number of hydrogen-bond donors (Lipinski definition) is 0. The zero-order valence-electron chi connectivity index (χ0n) is 12.8. The summed E-state index contributed by atoms with van der Waals surface area (Å²) in [5, 5.41) is 0. The fourth-order valence-corrected chi connectivity index (χ4v) is 2.73. The molecule has 0 amide bonds. The van der Waals surface area contributed by atoms with Crippen LogP contribution in [0.5, 0.6) is 0 Å². The highest BCUT2D eigenvalue weighted by molar-refractivity contribution is 5.81. The second kappa shape index (κ2) is 4.48. The molecule has 0 aliphatic carbocycles. The van der Waals surface area contributed by atoms with Gasteiger partial charge in [0, 0.05) is 12.6 Å². The molecule has 0 spiro atoms. The quantitative estimate of drug-likeness (QED) is 0.634. The molecule has 102 valence electrons. The zero-order valence-corrected chi connectivity index (χ0v) is 12.8. The van der Waals surface area contributed by atoms with E-state index in [2.05, 4.69) is 69.6 Å². The van der Waals surface area contributed by atoms with Gasteiger partial charge in [0.05, 0.1) is 11.0 Å². The van der Waals surface area contributed by atoms with Crippen LogP contribution in [0.2, 0.25) is 0 Å². The van der Waals surface area contributed by atoms with Crippen LogP contribution in [-0.2, 0) is 7.05 Å². The van der Waals surface area contributed by atoms with Gasteiger partial charge in [-0.25, -0.2) is 4.98 Å². The van der Waals surface area contributed by atoms with Gasteiger partial charge in [-0.15, -0.1) is 0 Å². The maximum atomic E-state index is 4.82. The van der Waals surface area contributed by atoms with Crippen molar-refractivity contribution in [2.45, 2.75) is 27.7 Å². The van der Waals surface area contributed by atoms with Gasteiger partial charge >= 0.3 is 0 Å². The molecule has 0 saturated heterocycles. The predicted octanol–water partition coefficient (Wildman–Crippen LogP) is 4.47. The van der Waals surface area contributed by atoms with Gasteiger partial charge in [-0.2, -0.15) is 0 Å². The van der Waals surface area contributed by atoms with E-state index in [1.807, 2.05) is 0 Å². The van der Waals surface area contributed by atoms with Crippen molar-refractivity contribution in [3.63, 3.8) is 0 Å². The minimum atomic E-state index is 1.04. The Hall–Kier alpha value is -2.09. The summed E-state index contributed by atoms with van der Waals surface area (Å²) < 4.78 is 2.18. The Bertz CT molecular complexity index is 787. The van der Waals surface area contributed by atoms with E-state index in [1.54, 1.807) is 0 Å². The van der Waals surface area contributed by atoms with Crippen LogP contribution in [-0.4, -0.2) is 9.55 Å². The lowest BCUT2D eigenvalue weighted by molar-refractivity contribution is 0.958. The van der Waals surface area contributed by atoms with Crippen molar-refractivity contribution >= 4 is 11.0 Å². The van der Waals surface area contributed by atoms with Crippen LogP contribution in [0, 0.1) is 27.7 Å². The molecule has 3 aromatic rings. The summed E-state index contributed by atoms with van der Waals surface area (Å²) in [7, 11) is 2.09. The molecule has 0 N–H and O–H groups in total. The smallest absolute Gasteiger partial charge is 0.140 e. The summed E-state index contributed by atoms with van der Waals surface area (Å²) >= 11 is 0. The molecular weight excluding hydrogens is 244 g/mol.